The molecule has 0 saturated heterocycles. The molecule has 3 aromatic carbocycles. The van der Waals surface area contributed by atoms with Crippen molar-refractivity contribution in [2.45, 2.75) is 37.8 Å². The van der Waals surface area contributed by atoms with Gasteiger partial charge in [0.05, 0.1) is 17.7 Å². The van der Waals surface area contributed by atoms with Crippen LogP contribution in [0.4, 0.5) is 10.1 Å². The number of nitrogens with zero attached hydrogens (tertiary/aromatic N) is 2. The van der Waals surface area contributed by atoms with Crippen LogP contribution in [-0.2, 0) is 26.2 Å². The van der Waals surface area contributed by atoms with Gasteiger partial charge in [0.15, 0.2) is 11.5 Å². The smallest absolute Gasteiger partial charge is 0.264 e. The van der Waals surface area contributed by atoms with Crippen molar-refractivity contribution in [2.24, 2.45) is 0 Å². The lowest BCUT2D eigenvalue weighted by molar-refractivity contribution is -0.140. The SMILES string of the molecule is CCNC(=O)C(CC)N(Cc1ccc(OC)cc1)C(=O)CN(c1ccc(F)cc1)S(=O)(=O)c1ccc2c(c1)OCCO2. The largest absolute Gasteiger partial charge is 0.497 e. The molecule has 2 amide bonds. The van der Waals surface area contributed by atoms with Gasteiger partial charge >= 0.3 is 0 Å². The fourth-order valence-corrected chi connectivity index (χ4v) is 6.02. The van der Waals surface area contributed by atoms with Gasteiger partial charge in [0.25, 0.3) is 10.0 Å². The molecule has 12 heteroatoms. The van der Waals surface area contributed by atoms with Crippen LogP contribution >= 0.6 is 0 Å². The van der Waals surface area contributed by atoms with E-state index in [9.17, 15) is 22.4 Å². The number of halogens is 1. The molecular formula is C30H34FN3O7S. The van der Waals surface area contributed by atoms with Gasteiger partial charge in [-0.05, 0) is 67.4 Å². The van der Waals surface area contributed by atoms with Gasteiger partial charge in [0.2, 0.25) is 11.8 Å². The summed E-state index contributed by atoms with van der Waals surface area (Å²) in [4.78, 5) is 28.3. The Hall–Kier alpha value is -4.32. The molecule has 0 saturated carbocycles. The van der Waals surface area contributed by atoms with Crippen molar-refractivity contribution in [3.8, 4) is 17.2 Å². The van der Waals surface area contributed by atoms with Gasteiger partial charge in [0, 0.05) is 19.2 Å². The summed E-state index contributed by atoms with van der Waals surface area (Å²) in [6, 6.07) is 15.1. The Balaban J connectivity index is 1.73. The Labute approximate surface area is 245 Å². The summed E-state index contributed by atoms with van der Waals surface area (Å²) >= 11 is 0. The van der Waals surface area contributed by atoms with Gasteiger partial charge in [-0.15, -0.1) is 0 Å². The number of benzene rings is 3. The van der Waals surface area contributed by atoms with Crippen LogP contribution in [0.2, 0.25) is 0 Å². The number of hydrogen-bond donors (Lipinski definition) is 1. The molecule has 0 radical (unpaired) electrons. The van der Waals surface area contributed by atoms with Gasteiger partial charge in [-0.3, -0.25) is 13.9 Å². The van der Waals surface area contributed by atoms with Crippen LogP contribution in [0, 0.1) is 5.82 Å². The van der Waals surface area contributed by atoms with E-state index < -0.39 is 34.3 Å². The zero-order chi connectivity index (χ0) is 30.3. The highest BCUT2D eigenvalue weighted by atomic mass is 32.2. The quantitative estimate of drug-likeness (QED) is 0.337. The van der Waals surface area contributed by atoms with Crippen LogP contribution in [0.5, 0.6) is 17.2 Å². The molecule has 0 aliphatic carbocycles. The second-order valence-corrected chi connectivity index (χ2v) is 11.3. The molecule has 1 aliphatic heterocycles. The van der Waals surface area contributed by atoms with Crippen LogP contribution in [0.3, 0.4) is 0 Å². The zero-order valence-electron chi connectivity index (χ0n) is 23.7. The van der Waals surface area contributed by atoms with E-state index in [1.807, 2.05) is 0 Å². The monoisotopic (exact) mass is 599 g/mol. The maximum atomic E-state index is 14.0. The number of ether oxygens (including phenoxy) is 3. The van der Waals surface area contributed by atoms with Crippen LogP contribution in [0.25, 0.3) is 0 Å². The standard InChI is InChI=1S/C30H34FN3O7S/c1-4-26(30(36)32-5-2)33(19-21-6-12-24(39-3)13-7-21)29(35)20-34(23-10-8-22(31)9-11-23)42(37,38)25-14-15-27-28(18-25)41-17-16-40-27/h6-15,18,26H,4-5,16-17,19-20H2,1-3H3,(H,32,36). The maximum Gasteiger partial charge on any atom is 0.264 e. The van der Waals surface area contributed by atoms with E-state index in [0.29, 0.717) is 31.1 Å². The molecule has 0 aromatic heterocycles. The van der Waals surface area contributed by atoms with E-state index >= 15 is 0 Å². The van der Waals surface area contributed by atoms with Gasteiger partial charge in [0.1, 0.15) is 37.4 Å². The molecule has 0 bridgehead atoms. The molecule has 0 fully saturated rings. The Morgan fingerprint density at radius 1 is 0.976 bits per heavy atom. The lowest BCUT2D eigenvalue weighted by atomic mass is 10.1. The Morgan fingerprint density at radius 2 is 1.64 bits per heavy atom. The number of nitrogens with one attached hydrogen (secondary N) is 1. The van der Waals surface area contributed by atoms with E-state index in [4.69, 9.17) is 14.2 Å². The minimum Gasteiger partial charge on any atom is -0.497 e. The molecule has 42 heavy (non-hydrogen) atoms. The average molecular weight is 600 g/mol. The first-order valence-electron chi connectivity index (χ1n) is 13.6. The van der Waals surface area contributed by atoms with E-state index in [2.05, 4.69) is 5.32 Å². The fraction of sp³-hybridized carbons (Fsp3) is 0.333. The maximum absolute atomic E-state index is 14.0. The molecule has 1 N–H and O–H groups in total. The van der Waals surface area contributed by atoms with Crippen molar-refractivity contribution < 1.29 is 36.6 Å². The summed E-state index contributed by atoms with van der Waals surface area (Å²) in [5.74, 6) is -0.246. The summed E-state index contributed by atoms with van der Waals surface area (Å²) in [6.45, 7) is 3.90. The first-order valence-corrected chi connectivity index (χ1v) is 15.0. The average Bonchev–Trinajstić information content (AvgIpc) is 3.00. The number of sulfonamides is 1. The summed E-state index contributed by atoms with van der Waals surface area (Å²) in [6.07, 6.45) is 0.291. The third-order valence-electron chi connectivity index (χ3n) is 6.74. The highest BCUT2D eigenvalue weighted by Crippen LogP contribution is 2.34. The van der Waals surface area contributed by atoms with Crippen molar-refractivity contribution in [3.63, 3.8) is 0 Å². The number of carbonyl (C=O) groups is 2. The van der Waals surface area contributed by atoms with Gasteiger partial charge in [-0.1, -0.05) is 19.1 Å². The number of amides is 2. The number of rotatable bonds is 12. The van der Waals surface area contributed by atoms with Crippen LogP contribution in [0.15, 0.2) is 71.6 Å². The highest BCUT2D eigenvalue weighted by molar-refractivity contribution is 7.92. The van der Waals surface area contributed by atoms with Crippen molar-refractivity contribution in [2.75, 3.05) is 37.7 Å². The second-order valence-electron chi connectivity index (χ2n) is 9.48. The van der Waals surface area contributed by atoms with Crippen LogP contribution in [0.1, 0.15) is 25.8 Å². The molecule has 1 atom stereocenters. The predicted octanol–water partition coefficient (Wildman–Crippen LogP) is 3.74. The highest BCUT2D eigenvalue weighted by Gasteiger charge is 2.34. The number of anilines is 1. The summed E-state index contributed by atoms with van der Waals surface area (Å²) in [5, 5.41) is 2.76. The topological polar surface area (TPSA) is 114 Å². The molecule has 4 rings (SSSR count). The second kappa shape index (κ2) is 13.6. The number of carbonyl (C=O) groups excluding carboxylic acids is 2. The first-order chi connectivity index (χ1) is 20.2. The first kappa shape index (κ1) is 30.6. The Morgan fingerprint density at radius 3 is 2.26 bits per heavy atom. The Bertz CT molecular complexity index is 1500. The van der Waals surface area contributed by atoms with Crippen LogP contribution in [-0.4, -0.2) is 64.6 Å². The fourth-order valence-electron chi connectivity index (χ4n) is 4.59. The zero-order valence-corrected chi connectivity index (χ0v) is 24.5. The summed E-state index contributed by atoms with van der Waals surface area (Å²) in [7, 11) is -2.82. The van der Waals surface area contributed by atoms with Crippen molar-refractivity contribution in [3.05, 3.63) is 78.1 Å². The van der Waals surface area contributed by atoms with E-state index in [1.54, 1.807) is 45.2 Å². The normalized spacial score (nSPS) is 13.1. The minimum atomic E-state index is -4.36. The molecule has 224 valence electrons. The minimum absolute atomic E-state index is 0.0415. The Kier molecular flexibility index (Phi) is 9.89. The molecular weight excluding hydrogens is 565 g/mol. The lowest BCUT2D eigenvalue weighted by Gasteiger charge is -2.33. The third kappa shape index (κ3) is 6.93. The van der Waals surface area contributed by atoms with E-state index in [1.165, 1.54) is 35.2 Å². The van der Waals surface area contributed by atoms with Crippen molar-refractivity contribution in [1.29, 1.82) is 0 Å². The molecule has 10 nitrogen and oxygen atoms in total. The molecule has 1 unspecified atom stereocenters. The number of hydrogen-bond acceptors (Lipinski definition) is 7. The van der Waals surface area contributed by atoms with Gasteiger partial charge < -0.3 is 24.4 Å². The van der Waals surface area contributed by atoms with Crippen molar-refractivity contribution >= 4 is 27.5 Å². The number of likely N-dealkylation sites (N-methyl/N-ethyl adjacent to an activating group) is 1. The van der Waals surface area contributed by atoms with Crippen molar-refractivity contribution in [1.82, 2.24) is 10.2 Å². The molecule has 3 aromatic rings. The third-order valence-corrected chi connectivity index (χ3v) is 8.51. The van der Waals surface area contributed by atoms with E-state index in [0.717, 1.165) is 22.0 Å². The predicted molar refractivity (Wildman–Crippen MR) is 155 cm³/mol. The van der Waals surface area contributed by atoms with Gasteiger partial charge in [-0.2, -0.15) is 0 Å². The van der Waals surface area contributed by atoms with Crippen LogP contribution < -0.4 is 23.8 Å². The molecule has 0 spiro atoms. The lowest BCUT2D eigenvalue weighted by Crippen LogP contribution is -2.52. The molecule has 1 heterocycles. The number of fused-ring (bicyclic) bond motifs is 1. The molecule has 1 aliphatic rings. The summed E-state index contributed by atoms with van der Waals surface area (Å²) < 4.78 is 59.1. The van der Waals surface area contributed by atoms with E-state index in [-0.39, 0.29) is 35.4 Å². The number of methoxy groups -OCH3 is 1. The summed E-state index contributed by atoms with van der Waals surface area (Å²) in [5.41, 5.74) is 0.796. The van der Waals surface area contributed by atoms with Gasteiger partial charge in [-0.25, -0.2) is 12.8 Å².